The number of benzene rings is 2. The van der Waals surface area contributed by atoms with E-state index >= 15 is 0 Å². The summed E-state index contributed by atoms with van der Waals surface area (Å²) in [5, 5.41) is 3.90. The number of rotatable bonds is 3. The maximum Gasteiger partial charge on any atom is 0.268 e. The lowest BCUT2D eigenvalue weighted by molar-refractivity contribution is 0.0948. The van der Waals surface area contributed by atoms with Crippen molar-refractivity contribution in [2.24, 2.45) is 0 Å². The number of halogens is 1. The van der Waals surface area contributed by atoms with E-state index in [-0.39, 0.29) is 17.2 Å². The molecular formula is C18H15FN2O2. The lowest BCUT2D eigenvalue weighted by atomic mass is 10.1. The van der Waals surface area contributed by atoms with Crippen LogP contribution in [-0.4, -0.2) is 17.0 Å². The summed E-state index contributed by atoms with van der Waals surface area (Å²) in [7, 11) is 0. The first-order valence-corrected chi connectivity index (χ1v) is 7.30. The van der Waals surface area contributed by atoms with Crippen LogP contribution in [-0.2, 0) is 0 Å². The van der Waals surface area contributed by atoms with Gasteiger partial charge in [-0.25, -0.2) is 4.39 Å². The van der Waals surface area contributed by atoms with E-state index in [1.165, 1.54) is 28.8 Å². The monoisotopic (exact) mass is 310 g/mol. The fourth-order valence-corrected chi connectivity index (χ4v) is 2.52. The van der Waals surface area contributed by atoms with Crippen LogP contribution in [0.2, 0.25) is 0 Å². The van der Waals surface area contributed by atoms with Crippen LogP contribution in [0, 0.1) is 5.82 Å². The zero-order valence-electron chi connectivity index (χ0n) is 12.5. The molecule has 0 aliphatic rings. The number of amides is 1. The van der Waals surface area contributed by atoms with Crippen molar-refractivity contribution >= 4 is 16.7 Å². The second-order valence-electron chi connectivity index (χ2n) is 5.09. The highest BCUT2D eigenvalue weighted by Crippen LogP contribution is 2.16. The molecular weight excluding hydrogens is 295 g/mol. The van der Waals surface area contributed by atoms with Crippen molar-refractivity contribution in [1.29, 1.82) is 0 Å². The van der Waals surface area contributed by atoms with Gasteiger partial charge in [0.2, 0.25) is 0 Å². The van der Waals surface area contributed by atoms with Crippen molar-refractivity contribution in [1.82, 2.24) is 9.88 Å². The van der Waals surface area contributed by atoms with Gasteiger partial charge in [0.25, 0.3) is 11.5 Å². The predicted octanol–water partition coefficient (Wildman–Crippen LogP) is 2.88. The second-order valence-corrected chi connectivity index (χ2v) is 5.09. The minimum atomic E-state index is -0.401. The van der Waals surface area contributed by atoms with E-state index in [2.05, 4.69) is 5.32 Å². The molecule has 0 spiro atoms. The SMILES string of the molecule is CCNC(=O)c1cc2ccccc2c(=O)n1-c1ccc(F)cc1. The molecule has 1 heterocycles. The van der Waals surface area contributed by atoms with Gasteiger partial charge in [-0.15, -0.1) is 0 Å². The molecule has 0 saturated heterocycles. The quantitative estimate of drug-likeness (QED) is 0.809. The number of aromatic nitrogens is 1. The molecule has 1 amide bonds. The van der Waals surface area contributed by atoms with Gasteiger partial charge in [0.05, 0.1) is 0 Å². The Morgan fingerprint density at radius 2 is 1.83 bits per heavy atom. The summed E-state index contributed by atoms with van der Waals surface area (Å²) >= 11 is 0. The predicted molar refractivity (Wildman–Crippen MR) is 87.5 cm³/mol. The fourth-order valence-electron chi connectivity index (χ4n) is 2.52. The largest absolute Gasteiger partial charge is 0.351 e. The summed E-state index contributed by atoms with van der Waals surface area (Å²) in [5.74, 6) is -0.748. The van der Waals surface area contributed by atoms with Gasteiger partial charge in [-0.2, -0.15) is 0 Å². The maximum absolute atomic E-state index is 13.2. The highest BCUT2D eigenvalue weighted by atomic mass is 19.1. The van der Waals surface area contributed by atoms with Gasteiger partial charge in [-0.1, -0.05) is 18.2 Å². The lowest BCUT2D eigenvalue weighted by Gasteiger charge is -2.14. The van der Waals surface area contributed by atoms with Gasteiger partial charge in [0.1, 0.15) is 11.5 Å². The molecule has 4 nitrogen and oxygen atoms in total. The van der Waals surface area contributed by atoms with E-state index in [1.807, 2.05) is 6.07 Å². The Bertz CT molecular complexity index is 930. The van der Waals surface area contributed by atoms with Gasteiger partial charge in [-0.3, -0.25) is 14.2 Å². The number of hydrogen-bond acceptors (Lipinski definition) is 2. The summed E-state index contributed by atoms with van der Waals surface area (Å²) < 4.78 is 14.5. The topological polar surface area (TPSA) is 51.1 Å². The van der Waals surface area contributed by atoms with Crippen LogP contribution in [0.5, 0.6) is 0 Å². The standard InChI is InChI=1S/C18H15FN2O2/c1-2-20-17(22)16-11-12-5-3-4-6-15(12)18(23)21(16)14-9-7-13(19)8-10-14/h3-11H,2H2,1H3,(H,20,22). The van der Waals surface area contributed by atoms with Crippen LogP contribution in [0.25, 0.3) is 16.5 Å². The minimum absolute atomic E-state index is 0.224. The summed E-state index contributed by atoms with van der Waals surface area (Å²) in [6.07, 6.45) is 0. The van der Waals surface area contributed by atoms with Crippen molar-refractivity contribution in [3.63, 3.8) is 0 Å². The normalized spacial score (nSPS) is 10.7. The first-order valence-electron chi connectivity index (χ1n) is 7.30. The number of hydrogen-bond donors (Lipinski definition) is 1. The Balaban J connectivity index is 2.34. The first-order chi connectivity index (χ1) is 11.1. The highest BCUT2D eigenvalue weighted by molar-refractivity contribution is 5.97. The molecule has 116 valence electrons. The number of carbonyl (C=O) groups excluding carboxylic acids is 1. The average molecular weight is 310 g/mol. The lowest BCUT2D eigenvalue weighted by Crippen LogP contribution is -2.31. The van der Waals surface area contributed by atoms with Crippen molar-refractivity contribution in [3.8, 4) is 5.69 Å². The fraction of sp³-hybridized carbons (Fsp3) is 0.111. The zero-order valence-corrected chi connectivity index (χ0v) is 12.5. The maximum atomic E-state index is 13.2. The van der Waals surface area contributed by atoms with Crippen LogP contribution >= 0.6 is 0 Å². The number of carbonyl (C=O) groups is 1. The molecule has 0 aliphatic heterocycles. The van der Waals surface area contributed by atoms with Crippen LogP contribution in [0.3, 0.4) is 0 Å². The first kappa shape index (κ1) is 15.0. The third-order valence-electron chi connectivity index (χ3n) is 3.58. The average Bonchev–Trinajstić information content (AvgIpc) is 2.56. The van der Waals surface area contributed by atoms with E-state index in [0.717, 1.165) is 0 Å². The van der Waals surface area contributed by atoms with Gasteiger partial charge in [0, 0.05) is 17.6 Å². The third-order valence-corrected chi connectivity index (χ3v) is 3.58. The summed E-state index contributed by atoms with van der Waals surface area (Å²) in [6, 6.07) is 14.2. The Labute approximate surface area is 132 Å². The van der Waals surface area contributed by atoms with E-state index in [9.17, 15) is 14.0 Å². The highest BCUT2D eigenvalue weighted by Gasteiger charge is 2.16. The van der Waals surface area contributed by atoms with E-state index in [1.54, 1.807) is 31.2 Å². The van der Waals surface area contributed by atoms with Gasteiger partial charge < -0.3 is 5.32 Å². The smallest absolute Gasteiger partial charge is 0.268 e. The molecule has 1 aromatic heterocycles. The number of pyridine rings is 1. The molecule has 23 heavy (non-hydrogen) atoms. The van der Waals surface area contributed by atoms with Gasteiger partial charge in [0.15, 0.2) is 0 Å². The van der Waals surface area contributed by atoms with E-state index in [0.29, 0.717) is 23.0 Å². The summed E-state index contributed by atoms with van der Waals surface area (Å²) in [5.41, 5.74) is 0.363. The Morgan fingerprint density at radius 3 is 2.52 bits per heavy atom. The van der Waals surface area contributed by atoms with E-state index < -0.39 is 5.82 Å². The van der Waals surface area contributed by atoms with E-state index in [4.69, 9.17) is 0 Å². The van der Waals surface area contributed by atoms with Crippen molar-refractivity contribution in [3.05, 3.63) is 76.5 Å². The molecule has 2 aromatic carbocycles. The Morgan fingerprint density at radius 1 is 1.13 bits per heavy atom. The molecule has 1 N–H and O–H groups in total. The molecule has 0 radical (unpaired) electrons. The van der Waals surface area contributed by atoms with Crippen LogP contribution in [0.15, 0.2) is 59.4 Å². The Kier molecular flexibility index (Phi) is 3.93. The molecule has 0 fully saturated rings. The molecule has 0 unspecified atom stereocenters. The molecule has 0 atom stereocenters. The molecule has 0 saturated carbocycles. The van der Waals surface area contributed by atoms with Crippen LogP contribution < -0.4 is 10.9 Å². The number of nitrogens with zero attached hydrogens (tertiary/aromatic N) is 1. The summed E-state index contributed by atoms with van der Waals surface area (Å²) in [6.45, 7) is 2.25. The molecule has 5 heteroatoms. The molecule has 3 rings (SSSR count). The zero-order chi connectivity index (χ0) is 16.4. The molecule has 0 bridgehead atoms. The Hall–Kier alpha value is -2.95. The minimum Gasteiger partial charge on any atom is -0.351 e. The van der Waals surface area contributed by atoms with Crippen molar-refractivity contribution in [2.45, 2.75) is 6.92 Å². The number of fused-ring (bicyclic) bond motifs is 1. The number of nitrogens with one attached hydrogen (secondary N) is 1. The van der Waals surface area contributed by atoms with Crippen LogP contribution in [0.4, 0.5) is 4.39 Å². The summed E-state index contributed by atoms with van der Waals surface area (Å²) in [4.78, 5) is 25.2. The van der Waals surface area contributed by atoms with Crippen molar-refractivity contribution in [2.75, 3.05) is 6.54 Å². The van der Waals surface area contributed by atoms with Gasteiger partial charge >= 0.3 is 0 Å². The molecule has 3 aromatic rings. The second kappa shape index (κ2) is 6.04. The van der Waals surface area contributed by atoms with Gasteiger partial charge in [-0.05, 0) is 48.7 Å². The van der Waals surface area contributed by atoms with Crippen LogP contribution in [0.1, 0.15) is 17.4 Å². The molecule has 0 aliphatic carbocycles. The third kappa shape index (κ3) is 2.73. The van der Waals surface area contributed by atoms with Crippen molar-refractivity contribution < 1.29 is 9.18 Å².